The van der Waals surface area contributed by atoms with Gasteiger partial charge in [0.25, 0.3) is 0 Å². The molecule has 0 aliphatic heterocycles. The first-order valence-electron chi connectivity index (χ1n) is 5.30. The standard InChI is InChI=1S/C13H7Cl2F3O2/c14-10-6-12(19)11(15)5-9(10)7-2-1-3-8(4-7)20-13(16,17)18/h1-6,19H. The quantitative estimate of drug-likeness (QED) is 0.816. The number of ether oxygens (including phenoxy) is 1. The average molecular weight is 323 g/mol. The zero-order chi connectivity index (χ0) is 14.9. The van der Waals surface area contributed by atoms with Crippen LogP contribution in [0.3, 0.4) is 0 Å². The van der Waals surface area contributed by atoms with Crippen LogP contribution in [-0.4, -0.2) is 11.5 Å². The molecule has 2 nitrogen and oxygen atoms in total. The molecule has 106 valence electrons. The van der Waals surface area contributed by atoms with Crippen LogP contribution in [0.2, 0.25) is 10.0 Å². The van der Waals surface area contributed by atoms with Gasteiger partial charge in [-0.2, -0.15) is 0 Å². The van der Waals surface area contributed by atoms with Crippen LogP contribution in [0.5, 0.6) is 11.5 Å². The maximum absolute atomic E-state index is 12.2. The van der Waals surface area contributed by atoms with E-state index in [2.05, 4.69) is 4.74 Å². The maximum atomic E-state index is 12.2. The summed E-state index contributed by atoms with van der Waals surface area (Å²) in [4.78, 5) is 0. The predicted molar refractivity (Wildman–Crippen MR) is 70.2 cm³/mol. The van der Waals surface area contributed by atoms with E-state index in [9.17, 15) is 18.3 Å². The van der Waals surface area contributed by atoms with E-state index < -0.39 is 6.36 Å². The van der Waals surface area contributed by atoms with Crippen LogP contribution < -0.4 is 4.74 Å². The first-order valence-corrected chi connectivity index (χ1v) is 6.06. The molecule has 7 heteroatoms. The third kappa shape index (κ3) is 3.49. The van der Waals surface area contributed by atoms with Gasteiger partial charge in [0, 0.05) is 11.6 Å². The second-order valence-electron chi connectivity index (χ2n) is 3.86. The van der Waals surface area contributed by atoms with Crippen LogP contribution in [0.15, 0.2) is 36.4 Å². The Kier molecular flexibility index (Phi) is 4.01. The van der Waals surface area contributed by atoms with Gasteiger partial charge in [0.05, 0.1) is 10.0 Å². The minimum atomic E-state index is -4.77. The molecule has 0 amide bonds. The lowest BCUT2D eigenvalue weighted by Crippen LogP contribution is -2.17. The van der Waals surface area contributed by atoms with Crippen LogP contribution in [-0.2, 0) is 0 Å². The predicted octanol–water partition coefficient (Wildman–Crippen LogP) is 5.26. The summed E-state index contributed by atoms with van der Waals surface area (Å²) in [5, 5.41) is 9.60. The number of aromatic hydroxyl groups is 1. The summed E-state index contributed by atoms with van der Waals surface area (Å²) >= 11 is 11.7. The molecule has 1 N–H and O–H groups in total. The minimum Gasteiger partial charge on any atom is -0.506 e. The summed E-state index contributed by atoms with van der Waals surface area (Å²) < 4.78 is 40.3. The Morgan fingerprint density at radius 3 is 2.35 bits per heavy atom. The van der Waals surface area contributed by atoms with Gasteiger partial charge in [-0.25, -0.2) is 0 Å². The third-order valence-electron chi connectivity index (χ3n) is 2.42. The number of benzene rings is 2. The molecule has 0 heterocycles. The highest BCUT2D eigenvalue weighted by atomic mass is 35.5. The van der Waals surface area contributed by atoms with Gasteiger partial charge in [0.15, 0.2) is 0 Å². The van der Waals surface area contributed by atoms with Crippen LogP contribution in [0.4, 0.5) is 13.2 Å². The van der Waals surface area contributed by atoms with Crippen molar-refractivity contribution in [3.63, 3.8) is 0 Å². The number of halogens is 5. The molecule has 0 unspecified atom stereocenters. The number of hydrogen-bond donors (Lipinski definition) is 1. The van der Waals surface area contributed by atoms with E-state index >= 15 is 0 Å². The van der Waals surface area contributed by atoms with Gasteiger partial charge < -0.3 is 9.84 Å². The van der Waals surface area contributed by atoms with Crippen molar-refractivity contribution in [2.75, 3.05) is 0 Å². The number of phenols is 1. The lowest BCUT2D eigenvalue weighted by atomic mass is 10.1. The highest BCUT2D eigenvalue weighted by molar-refractivity contribution is 6.36. The van der Waals surface area contributed by atoms with Crippen molar-refractivity contribution in [2.24, 2.45) is 0 Å². The smallest absolute Gasteiger partial charge is 0.506 e. The van der Waals surface area contributed by atoms with E-state index in [4.69, 9.17) is 23.2 Å². The van der Waals surface area contributed by atoms with E-state index in [1.165, 1.54) is 30.3 Å². The Labute approximate surface area is 122 Å². The van der Waals surface area contributed by atoms with E-state index in [1.807, 2.05) is 0 Å². The molecule has 2 aromatic rings. The lowest BCUT2D eigenvalue weighted by molar-refractivity contribution is -0.274. The molecule has 0 spiro atoms. The summed E-state index contributed by atoms with van der Waals surface area (Å²) in [6.07, 6.45) is -4.77. The molecule has 0 aliphatic rings. The zero-order valence-electron chi connectivity index (χ0n) is 9.71. The molecule has 0 aromatic heterocycles. The van der Waals surface area contributed by atoms with Gasteiger partial charge in [-0.1, -0.05) is 35.3 Å². The Balaban J connectivity index is 2.44. The molecule has 0 radical (unpaired) electrons. The molecule has 0 fully saturated rings. The fourth-order valence-corrected chi connectivity index (χ4v) is 2.05. The van der Waals surface area contributed by atoms with Crippen LogP contribution >= 0.6 is 23.2 Å². The monoisotopic (exact) mass is 322 g/mol. The van der Waals surface area contributed by atoms with E-state index in [0.29, 0.717) is 11.1 Å². The molecule has 0 aliphatic carbocycles. The molecule has 0 bridgehead atoms. The van der Waals surface area contributed by atoms with Crippen LogP contribution in [0.25, 0.3) is 11.1 Å². The highest BCUT2D eigenvalue weighted by Crippen LogP contribution is 2.37. The van der Waals surface area contributed by atoms with Gasteiger partial charge in [0.2, 0.25) is 0 Å². The molecule has 2 rings (SSSR count). The Morgan fingerprint density at radius 2 is 1.70 bits per heavy atom. The van der Waals surface area contributed by atoms with Crippen LogP contribution in [0.1, 0.15) is 0 Å². The average Bonchev–Trinajstić information content (AvgIpc) is 2.32. The summed E-state index contributed by atoms with van der Waals surface area (Å²) in [5.41, 5.74) is 0.778. The maximum Gasteiger partial charge on any atom is 0.573 e. The van der Waals surface area contributed by atoms with Gasteiger partial charge in [-0.05, 0) is 23.8 Å². The third-order valence-corrected chi connectivity index (χ3v) is 3.03. The fourth-order valence-electron chi connectivity index (χ4n) is 1.62. The summed E-state index contributed by atoms with van der Waals surface area (Å²) in [7, 11) is 0. The van der Waals surface area contributed by atoms with Gasteiger partial charge in [0.1, 0.15) is 11.5 Å². The second kappa shape index (κ2) is 5.42. The fraction of sp³-hybridized carbons (Fsp3) is 0.0769. The van der Waals surface area contributed by atoms with Crippen molar-refractivity contribution in [2.45, 2.75) is 6.36 Å². The van der Waals surface area contributed by atoms with E-state index in [1.54, 1.807) is 6.07 Å². The van der Waals surface area contributed by atoms with Gasteiger partial charge in [-0.15, -0.1) is 13.2 Å². The van der Waals surface area contributed by atoms with Crippen molar-refractivity contribution in [3.8, 4) is 22.6 Å². The van der Waals surface area contributed by atoms with Gasteiger partial charge in [-0.3, -0.25) is 0 Å². The summed E-state index contributed by atoms with van der Waals surface area (Å²) in [6, 6.07) is 7.89. The number of phenolic OH excluding ortho intramolecular Hbond substituents is 1. The molecular formula is C13H7Cl2F3O2. The van der Waals surface area contributed by atoms with Crippen molar-refractivity contribution < 1.29 is 23.0 Å². The molecular weight excluding hydrogens is 316 g/mol. The SMILES string of the molecule is Oc1cc(Cl)c(-c2cccc(OC(F)(F)F)c2)cc1Cl. The zero-order valence-corrected chi connectivity index (χ0v) is 11.2. The Hall–Kier alpha value is -1.59. The van der Waals surface area contributed by atoms with Crippen molar-refractivity contribution in [1.82, 2.24) is 0 Å². The molecule has 2 aromatic carbocycles. The highest BCUT2D eigenvalue weighted by Gasteiger charge is 2.31. The minimum absolute atomic E-state index is 0.0477. The number of alkyl halides is 3. The summed E-state index contributed by atoms with van der Waals surface area (Å²) in [6.45, 7) is 0. The van der Waals surface area contributed by atoms with Gasteiger partial charge >= 0.3 is 6.36 Å². The number of rotatable bonds is 2. The largest absolute Gasteiger partial charge is 0.573 e. The topological polar surface area (TPSA) is 29.5 Å². The first-order chi connectivity index (χ1) is 9.26. The second-order valence-corrected chi connectivity index (χ2v) is 4.67. The van der Waals surface area contributed by atoms with E-state index in [0.717, 1.165) is 0 Å². The normalized spacial score (nSPS) is 11.4. The lowest BCUT2D eigenvalue weighted by Gasteiger charge is -2.11. The molecule has 0 saturated carbocycles. The number of hydrogen-bond acceptors (Lipinski definition) is 2. The van der Waals surface area contributed by atoms with Crippen molar-refractivity contribution in [1.29, 1.82) is 0 Å². The van der Waals surface area contributed by atoms with Crippen LogP contribution in [0, 0.1) is 0 Å². The van der Waals surface area contributed by atoms with Crippen molar-refractivity contribution >= 4 is 23.2 Å². The Morgan fingerprint density at radius 1 is 1.00 bits per heavy atom. The molecule has 0 saturated heterocycles. The molecule has 20 heavy (non-hydrogen) atoms. The summed E-state index contributed by atoms with van der Waals surface area (Å²) in [5.74, 6) is -0.571. The Bertz CT molecular complexity index is 642. The van der Waals surface area contributed by atoms with Crippen molar-refractivity contribution in [3.05, 3.63) is 46.4 Å². The van der Waals surface area contributed by atoms with E-state index in [-0.39, 0.29) is 21.5 Å². The first kappa shape index (κ1) is 14.8. The molecule has 0 atom stereocenters.